The second kappa shape index (κ2) is 21.1. The maximum Gasteiger partial charge on any atom is 0.328 e. The van der Waals surface area contributed by atoms with Crippen LogP contribution in [0.4, 0.5) is 0 Å². The van der Waals surface area contributed by atoms with E-state index in [0.717, 1.165) is 18.4 Å². The van der Waals surface area contributed by atoms with Gasteiger partial charge in [0.25, 0.3) is 0 Å². The van der Waals surface area contributed by atoms with Crippen molar-refractivity contribution in [3.63, 3.8) is 0 Å². The van der Waals surface area contributed by atoms with Crippen molar-refractivity contribution < 1.29 is 38.2 Å². The Hall–Kier alpha value is -3.55. The van der Waals surface area contributed by atoms with Gasteiger partial charge in [-0.25, -0.2) is 4.79 Å². The molecule has 0 radical (unpaired) electrons. The van der Waals surface area contributed by atoms with Crippen molar-refractivity contribution in [1.82, 2.24) is 24.9 Å². The lowest BCUT2D eigenvalue weighted by atomic mass is 9.89. The zero-order chi connectivity index (χ0) is 41.1. The molecule has 13 heteroatoms. The molecule has 0 bridgehead atoms. The van der Waals surface area contributed by atoms with Crippen molar-refractivity contribution in [3.05, 3.63) is 35.9 Å². The predicted molar refractivity (Wildman–Crippen MR) is 212 cm³/mol. The Balaban J connectivity index is 1.80. The largest absolute Gasteiger partial charge is 0.467 e. The Morgan fingerprint density at radius 1 is 0.945 bits per heavy atom. The summed E-state index contributed by atoms with van der Waals surface area (Å²) in [6, 6.07) is 6.76. The second-order valence-corrected chi connectivity index (χ2v) is 16.4. The summed E-state index contributed by atoms with van der Waals surface area (Å²) in [6.07, 6.45) is 1.74. The van der Waals surface area contributed by atoms with Gasteiger partial charge in [0.2, 0.25) is 23.6 Å². The first kappa shape index (κ1) is 45.8. The monoisotopic (exact) mass is 772 g/mol. The lowest BCUT2D eigenvalue weighted by Crippen LogP contribution is -2.58. The zero-order valence-corrected chi connectivity index (χ0v) is 35.4. The number of nitrogens with zero attached hydrogens (tertiary/aromatic N) is 4. The summed E-state index contributed by atoms with van der Waals surface area (Å²) >= 11 is 0. The Morgan fingerprint density at radius 3 is 2.15 bits per heavy atom. The van der Waals surface area contributed by atoms with Gasteiger partial charge in [-0.3, -0.25) is 24.1 Å². The normalized spacial score (nSPS) is 22.5. The molecular formula is C42H69N5O8. The topological polar surface area (TPSA) is 138 Å². The SMILES string of the molecule is CC[C@H](C)[C@@H]([C@@H](CC(=O)N1CCC[C@H]1[C@H](OC)[C@@H](C)C(=O)N[C@@H](Cc1ccccc1)C(=O)OC)OC)N(C)C(=O)[C@@H]1C[C@H](C)CN1C(=O)[C@H](C(C)C)N(C)C. The summed E-state index contributed by atoms with van der Waals surface area (Å²) in [7, 11) is 9.96. The maximum absolute atomic E-state index is 14.4. The molecule has 2 aliphatic rings. The van der Waals surface area contributed by atoms with Crippen LogP contribution in [0.2, 0.25) is 0 Å². The van der Waals surface area contributed by atoms with Crippen LogP contribution in [0.25, 0.3) is 0 Å². The average Bonchev–Trinajstić information content (AvgIpc) is 3.80. The molecule has 310 valence electrons. The molecule has 10 atom stereocenters. The van der Waals surface area contributed by atoms with Gasteiger partial charge in [0.15, 0.2) is 0 Å². The summed E-state index contributed by atoms with van der Waals surface area (Å²) < 4.78 is 17.0. The van der Waals surface area contributed by atoms with Gasteiger partial charge in [-0.15, -0.1) is 0 Å². The van der Waals surface area contributed by atoms with Crippen LogP contribution >= 0.6 is 0 Å². The van der Waals surface area contributed by atoms with E-state index in [1.807, 2.05) is 63.2 Å². The fourth-order valence-corrected chi connectivity index (χ4v) is 8.83. The number of amides is 4. The van der Waals surface area contributed by atoms with Gasteiger partial charge in [0.05, 0.1) is 49.8 Å². The highest BCUT2D eigenvalue weighted by atomic mass is 16.5. The van der Waals surface area contributed by atoms with E-state index in [9.17, 15) is 24.0 Å². The molecule has 1 aromatic carbocycles. The van der Waals surface area contributed by atoms with Crippen LogP contribution in [0, 0.1) is 23.7 Å². The number of likely N-dealkylation sites (tertiary alicyclic amines) is 2. The van der Waals surface area contributed by atoms with Crippen LogP contribution < -0.4 is 5.32 Å². The highest BCUT2D eigenvalue weighted by Crippen LogP contribution is 2.32. The summed E-state index contributed by atoms with van der Waals surface area (Å²) in [4.78, 5) is 76.2. The third-order valence-corrected chi connectivity index (χ3v) is 11.9. The van der Waals surface area contributed by atoms with Crippen LogP contribution in [-0.4, -0.2) is 147 Å². The van der Waals surface area contributed by atoms with Crippen LogP contribution in [0.3, 0.4) is 0 Å². The molecule has 0 unspecified atom stereocenters. The van der Waals surface area contributed by atoms with Gasteiger partial charge in [0, 0.05) is 40.8 Å². The quantitative estimate of drug-likeness (QED) is 0.209. The maximum atomic E-state index is 14.4. The van der Waals surface area contributed by atoms with Crippen molar-refractivity contribution in [2.24, 2.45) is 23.7 Å². The van der Waals surface area contributed by atoms with E-state index in [2.05, 4.69) is 26.1 Å². The van der Waals surface area contributed by atoms with Crippen molar-refractivity contribution in [3.8, 4) is 0 Å². The standard InChI is InChI=1S/C42H69N5O8/c1-13-28(5)37(45(9)40(50)33-22-27(4)25-47(33)41(51)36(26(2)3)44(7)8)34(53-10)24-35(48)46-21-17-20-32(46)38(54-11)29(6)39(49)43-31(42(52)55-12)23-30-18-15-14-16-19-30/h14-16,18-19,26-29,31-34,36-38H,13,17,20-25H2,1-12H3,(H,43,49)/t27-,28-,29+,31-,32-,33-,34+,36-,37-,38+/m0/s1. The molecule has 2 fully saturated rings. The highest BCUT2D eigenvalue weighted by Gasteiger charge is 2.46. The van der Waals surface area contributed by atoms with Gasteiger partial charge in [-0.05, 0) is 56.7 Å². The summed E-state index contributed by atoms with van der Waals surface area (Å²) in [5.41, 5.74) is 0.880. The van der Waals surface area contributed by atoms with E-state index < -0.39 is 42.2 Å². The number of likely N-dealkylation sites (N-methyl/N-ethyl adjacent to an activating group) is 2. The number of rotatable bonds is 19. The number of carbonyl (C=O) groups excluding carboxylic acids is 5. The van der Waals surface area contributed by atoms with E-state index in [4.69, 9.17) is 14.2 Å². The van der Waals surface area contributed by atoms with Gasteiger partial charge in [0.1, 0.15) is 12.1 Å². The molecule has 3 rings (SSSR count). The minimum atomic E-state index is -0.886. The third kappa shape index (κ3) is 11.3. The summed E-state index contributed by atoms with van der Waals surface area (Å²) in [5, 5.41) is 2.87. The molecule has 0 aliphatic carbocycles. The number of hydrogen-bond donors (Lipinski definition) is 1. The number of carbonyl (C=O) groups is 5. The molecule has 1 N–H and O–H groups in total. The second-order valence-electron chi connectivity index (χ2n) is 16.4. The van der Waals surface area contributed by atoms with E-state index in [-0.39, 0.29) is 66.3 Å². The van der Waals surface area contributed by atoms with Gasteiger partial charge >= 0.3 is 5.97 Å². The fourth-order valence-electron chi connectivity index (χ4n) is 8.83. The number of hydrogen-bond acceptors (Lipinski definition) is 9. The number of ether oxygens (including phenoxy) is 3. The van der Waals surface area contributed by atoms with Crippen molar-refractivity contribution >= 4 is 29.6 Å². The smallest absolute Gasteiger partial charge is 0.328 e. The van der Waals surface area contributed by atoms with Gasteiger partial charge in [-0.1, -0.05) is 78.3 Å². The molecule has 0 aromatic heterocycles. The minimum Gasteiger partial charge on any atom is -0.467 e. The fraction of sp³-hybridized carbons (Fsp3) is 0.738. The molecule has 2 heterocycles. The Morgan fingerprint density at radius 2 is 1.60 bits per heavy atom. The number of esters is 1. The molecule has 1 aromatic rings. The van der Waals surface area contributed by atoms with Gasteiger partial charge < -0.3 is 34.2 Å². The van der Waals surface area contributed by atoms with Crippen molar-refractivity contribution in [1.29, 1.82) is 0 Å². The lowest BCUT2D eigenvalue weighted by Gasteiger charge is -2.41. The Kier molecular flexibility index (Phi) is 17.6. The molecule has 0 spiro atoms. The van der Waals surface area contributed by atoms with Crippen molar-refractivity contribution in [2.75, 3.05) is 55.6 Å². The lowest BCUT2D eigenvalue weighted by molar-refractivity contribution is -0.152. The Labute approximate surface area is 329 Å². The van der Waals surface area contributed by atoms with E-state index >= 15 is 0 Å². The minimum absolute atomic E-state index is 0.0108. The summed E-state index contributed by atoms with van der Waals surface area (Å²) in [6.45, 7) is 13.0. The van der Waals surface area contributed by atoms with E-state index in [1.54, 1.807) is 35.8 Å². The molecular weight excluding hydrogens is 702 g/mol. The molecule has 4 amide bonds. The van der Waals surface area contributed by atoms with E-state index in [0.29, 0.717) is 25.9 Å². The Bertz CT molecular complexity index is 1420. The van der Waals surface area contributed by atoms with Crippen LogP contribution in [0.15, 0.2) is 30.3 Å². The number of methoxy groups -OCH3 is 3. The highest BCUT2D eigenvalue weighted by molar-refractivity contribution is 5.91. The molecule has 2 aliphatic heterocycles. The molecule has 2 saturated heterocycles. The van der Waals surface area contributed by atoms with Crippen LogP contribution in [0.1, 0.15) is 79.2 Å². The first-order chi connectivity index (χ1) is 26.0. The van der Waals surface area contributed by atoms with Gasteiger partial charge in [-0.2, -0.15) is 0 Å². The number of nitrogens with one attached hydrogen (secondary N) is 1. The molecule has 13 nitrogen and oxygen atoms in total. The van der Waals surface area contributed by atoms with E-state index in [1.165, 1.54) is 14.2 Å². The molecule has 0 saturated carbocycles. The zero-order valence-electron chi connectivity index (χ0n) is 35.4. The van der Waals surface area contributed by atoms with Crippen LogP contribution in [0.5, 0.6) is 0 Å². The van der Waals surface area contributed by atoms with Crippen LogP contribution in [-0.2, 0) is 44.6 Å². The predicted octanol–water partition coefficient (Wildman–Crippen LogP) is 3.63. The summed E-state index contributed by atoms with van der Waals surface area (Å²) in [5.74, 6) is -1.71. The molecule has 55 heavy (non-hydrogen) atoms. The first-order valence-corrected chi connectivity index (χ1v) is 20.0. The average molecular weight is 772 g/mol. The third-order valence-electron chi connectivity index (χ3n) is 11.9. The number of benzene rings is 1. The first-order valence-electron chi connectivity index (χ1n) is 20.0. The van der Waals surface area contributed by atoms with Crippen molar-refractivity contribution in [2.45, 2.75) is 122 Å².